The van der Waals surface area contributed by atoms with Gasteiger partial charge >= 0.3 is 0 Å². The second-order valence-electron chi connectivity index (χ2n) is 4.39. The van der Waals surface area contributed by atoms with Crippen molar-refractivity contribution in [2.24, 2.45) is 0 Å². The number of nitrogens with zero attached hydrogens (tertiary/aromatic N) is 1. The van der Waals surface area contributed by atoms with E-state index in [2.05, 4.69) is 22.3 Å². The van der Waals surface area contributed by atoms with Crippen LogP contribution in [0.1, 0.15) is 12.8 Å². The molecule has 1 aliphatic rings. The first-order valence-corrected chi connectivity index (χ1v) is 6.53. The number of aliphatic hydroxyl groups excluding tert-OH is 1. The van der Waals surface area contributed by atoms with Gasteiger partial charge < -0.3 is 15.3 Å². The van der Waals surface area contributed by atoms with Crippen molar-refractivity contribution in [3.8, 4) is 0 Å². The molecule has 0 radical (unpaired) electrons. The number of hydrogen-bond donors (Lipinski definition) is 2. The summed E-state index contributed by atoms with van der Waals surface area (Å²) in [6.45, 7) is 3.24. The Kier molecular flexibility index (Phi) is 4.66. The summed E-state index contributed by atoms with van der Waals surface area (Å²) in [4.78, 5) is 2.37. The molecule has 2 rings (SSSR count). The summed E-state index contributed by atoms with van der Waals surface area (Å²) in [6.07, 6.45) is 1.93. The molecular formula is C13H19ClN2O. The van der Waals surface area contributed by atoms with E-state index in [1.165, 1.54) is 5.69 Å². The van der Waals surface area contributed by atoms with Crippen LogP contribution in [0.25, 0.3) is 0 Å². The summed E-state index contributed by atoms with van der Waals surface area (Å²) in [7, 11) is 0. The number of anilines is 1. The first-order valence-electron chi connectivity index (χ1n) is 6.15. The number of halogens is 1. The molecule has 0 saturated carbocycles. The van der Waals surface area contributed by atoms with Crippen LogP contribution in [-0.4, -0.2) is 37.4 Å². The number of aliphatic hydroxyl groups is 1. The molecule has 1 fully saturated rings. The van der Waals surface area contributed by atoms with Gasteiger partial charge in [0.05, 0.1) is 0 Å². The Morgan fingerprint density at radius 3 is 2.82 bits per heavy atom. The van der Waals surface area contributed by atoms with Gasteiger partial charge in [-0.1, -0.05) is 11.6 Å². The molecule has 1 heterocycles. The smallest absolute Gasteiger partial charge is 0.0451 e. The van der Waals surface area contributed by atoms with E-state index in [0.717, 1.165) is 37.5 Å². The van der Waals surface area contributed by atoms with E-state index in [4.69, 9.17) is 16.7 Å². The highest BCUT2D eigenvalue weighted by Gasteiger charge is 2.20. The highest BCUT2D eigenvalue weighted by molar-refractivity contribution is 6.30. The fraction of sp³-hybridized carbons (Fsp3) is 0.538. The van der Waals surface area contributed by atoms with E-state index >= 15 is 0 Å². The molecule has 0 aliphatic carbocycles. The van der Waals surface area contributed by atoms with Gasteiger partial charge in [-0.3, -0.25) is 0 Å². The highest BCUT2D eigenvalue weighted by Crippen LogP contribution is 2.22. The van der Waals surface area contributed by atoms with Crippen LogP contribution in [0, 0.1) is 0 Å². The lowest BCUT2D eigenvalue weighted by atomic mass is 10.1. The summed E-state index contributed by atoms with van der Waals surface area (Å²) >= 11 is 5.91. The molecule has 2 N–H and O–H groups in total. The Morgan fingerprint density at radius 1 is 1.35 bits per heavy atom. The third-order valence-corrected chi connectivity index (χ3v) is 3.45. The third kappa shape index (κ3) is 3.35. The summed E-state index contributed by atoms with van der Waals surface area (Å²) < 4.78 is 0. The fourth-order valence-corrected chi connectivity index (χ4v) is 2.44. The Labute approximate surface area is 107 Å². The molecule has 1 aromatic carbocycles. The lowest BCUT2D eigenvalue weighted by Crippen LogP contribution is -2.40. The van der Waals surface area contributed by atoms with Gasteiger partial charge in [-0.05, 0) is 43.7 Å². The van der Waals surface area contributed by atoms with Crippen molar-refractivity contribution in [3.05, 3.63) is 29.3 Å². The SMILES string of the molecule is OCCC1CNCCCN1c1ccc(Cl)cc1. The van der Waals surface area contributed by atoms with Crippen molar-refractivity contribution >= 4 is 17.3 Å². The number of rotatable bonds is 3. The van der Waals surface area contributed by atoms with E-state index in [-0.39, 0.29) is 6.61 Å². The van der Waals surface area contributed by atoms with Crippen LogP contribution in [0.4, 0.5) is 5.69 Å². The highest BCUT2D eigenvalue weighted by atomic mass is 35.5. The van der Waals surface area contributed by atoms with Gasteiger partial charge in [0.25, 0.3) is 0 Å². The minimum Gasteiger partial charge on any atom is -0.396 e. The largest absolute Gasteiger partial charge is 0.396 e. The topological polar surface area (TPSA) is 35.5 Å². The van der Waals surface area contributed by atoms with E-state index in [0.29, 0.717) is 6.04 Å². The molecule has 0 bridgehead atoms. The van der Waals surface area contributed by atoms with Crippen molar-refractivity contribution in [1.82, 2.24) is 5.32 Å². The molecule has 3 nitrogen and oxygen atoms in total. The molecule has 1 aromatic rings. The van der Waals surface area contributed by atoms with E-state index in [1.54, 1.807) is 0 Å². The van der Waals surface area contributed by atoms with Gasteiger partial charge in [0.2, 0.25) is 0 Å². The lowest BCUT2D eigenvalue weighted by Gasteiger charge is -2.31. The molecule has 1 aliphatic heterocycles. The monoisotopic (exact) mass is 254 g/mol. The minimum atomic E-state index is 0.233. The quantitative estimate of drug-likeness (QED) is 0.865. The third-order valence-electron chi connectivity index (χ3n) is 3.19. The van der Waals surface area contributed by atoms with Gasteiger partial charge in [-0.2, -0.15) is 0 Å². The summed E-state index contributed by atoms with van der Waals surface area (Å²) in [6, 6.07) is 8.32. The van der Waals surface area contributed by atoms with Crippen LogP contribution in [0.15, 0.2) is 24.3 Å². The Hall–Kier alpha value is -0.770. The molecular weight excluding hydrogens is 236 g/mol. The molecule has 4 heteroatoms. The van der Waals surface area contributed by atoms with Crippen LogP contribution in [-0.2, 0) is 0 Å². The Bertz CT molecular complexity index is 342. The normalized spacial score (nSPS) is 21.3. The first kappa shape index (κ1) is 12.7. The average molecular weight is 255 g/mol. The second kappa shape index (κ2) is 6.24. The van der Waals surface area contributed by atoms with Crippen molar-refractivity contribution < 1.29 is 5.11 Å². The lowest BCUT2D eigenvalue weighted by molar-refractivity contribution is 0.273. The van der Waals surface area contributed by atoms with Crippen LogP contribution in [0.3, 0.4) is 0 Å². The Balaban J connectivity index is 2.16. The first-order chi connectivity index (χ1) is 8.31. The van der Waals surface area contributed by atoms with Gasteiger partial charge in [0.15, 0.2) is 0 Å². The van der Waals surface area contributed by atoms with Crippen molar-refractivity contribution in [1.29, 1.82) is 0 Å². The standard InChI is InChI=1S/C13H19ClN2O/c14-11-2-4-12(5-3-11)16-8-1-7-15-10-13(16)6-9-17/h2-5,13,15,17H,1,6-10H2. The maximum atomic E-state index is 9.14. The molecule has 0 amide bonds. The van der Waals surface area contributed by atoms with E-state index in [1.807, 2.05) is 12.1 Å². The van der Waals surface area contributed by atoms with Gasteiger partial charge in [-0.25, -0.2) is 0 Å². The summed E-state index contributed by atoms with van der Waals surface area (Å²) in [5, 5.41) is 13.3. The number of benzene rings is 1. The second-order valence-corrected chi connectivity index (χ2v) is 4.83. The fourth-order valence-electron chi connectivity index (χ4n) is 2.32. The van der Waals surface area contributed by atoms with Crippen molar-refractivity contribution in [3.63, 3.8) is 0 Å². The zero-order valence-corrected chi connectivity index (χ0v) is 10.7. The van der Waals surface area contributed by atoms with Crippen molar-refractivity contribution in [2.75, 3.05) is 31.1 Å². The average Bonchev–Trinajstić information content (AvgIpc) is 2.56. The molecule has 0 aromatic heterocycles. The molecule has 94 valence electrons. The van der Waals surface area contributed by atoms with Crippen LogP contribution < -0.4 is 10.2 Å². The summed E-state index contributed by atoms with van der Waals surface area (Å²) in [5.74, 6) is 0. The molecule has 1 atom stereocenters. The van der Waals surface area contributed by atoms with Gasteiger partial charge in [-0.15, -0.1) is 0 Å². The van der Waals surface area contributed by atoms with Crippen LogP contribution >= 0.6 is 11.6 Å². The van der Waals surface area contributed by atoms with Crippen molar-refractivity contribution in [2.45, 2.75) is 18.9 Å². The zero-order chi connectivity index (χ0) is 12.1. The number of hydrogen-bond acceptors (Lipinski definition) is 3. The predicted molar refractivity (Wildman–Crippen MR) is 71.8 cm³/mol. The molecule has 0 spiro atoms. The maximum Gasteiger partial charge on any atom is 0.0451 e. The maximum absolute atomic E-state index is 9.14. The van der Waals surface area contributed by atoms with Gasteiger partial charge in [0, 0.05) is 36.4 Å². The zero-order valence-electron chi connectivity index (χ0n) is 9.90. The predicted octanol–water partition coefficient (Wildman–Crippen LogP) is 1.89. The molecule has 17 heavy (non-hydrogen) atoms. The molecule has 1 unspecified atom stereocenters. The van der Waals surface area contributed by atoms with Crippen LogP contribution in [0.2, 0.25) is 5.02 Å². The minimum absolute atomic E-state index is 0.233. The Morgan fingerprint density at radius 2 is 2.12 bits per heavy atom. The van der Waals surface area contributed by atoms with E-state index < -0.39 is 0 Å². The summed E-state index contributed by atoms with van der Waals surface area (Å²) in [5.41, 5.74) is 1.19. The number of nitrogens with one attached hydrogen (secondary N) is 1. The van der Waals surface area contributed by atoms with Gasteiger partial charge in [0.1, 0.15) is 0 Å². The van der Waals surface area contributed by atoms with E-state index in [9.17, 15) is 0 Å². The molecule has 1 saturated heterocycles. The van der Waals surface area contributed by atoms with Crippen LogP contribution in [0.5, 0.6) is 0 Å².